The van der Waals surface area contributed by atoms with Crippen LogP contribution in [0, 0.1) is 0 Å². The fraction of sp³-hybridized carbons (Fsp3) is 0.667. The van der Waals surface area contributed by atoms with Crippen LogP contribution in [-0.4, -0.2) is 15.7 Å². The van der Waals surface area contributed by atoms with Crippen LogP contribution in [0.15, 0.2) is 11.6 Å². The van der Waals surface area contributed by atoms with Crippen LogP contribution in [0.3, 0.4) is 0 Å². The van der Waals surface area contributed by atoms with E-state index in [9.17, 15) is 5.11 Å². The first-order valence-electron chi connectivity index (χ1n) is 4.60. The first-order valence-corrected chi connectivity index (χ1v) is 5.48. The zero-order chi connectivity index (χ0) is 9.31. The Hall–Kier alpha value is -0.450. The molecule has 0 aliphatic heterocycles. The van der Waals surface area contributed by atoms with Gasteiger partial charge in [-0.25, -0.2) is 4.98 Å². The summed E-state index contributed by atoms with van der Waals surface area (Å²) in [6.07, 6.45) is 5.52. The molecule has 13 heavy (non-hydrogen) atoms. The summed E-state index contributed by atoms with van der Waals surface area (Å²) in [5, 5.41) is 12.9. The van der Waals surface area contributed by atoms with Crippen LogP contribution in [0.2, 0.25) is 0 Å². The first-order chi connectivity index (χ1) is 6.22. The van der Waals surface area contributed by atoms with Gasteiger partial charge in [0.1, 0.15) is 5.01 Å². The first kappa shape index (κ1) is 9.12. The Morgan fingerprint density at radius 1 is 1.54 bits per heavy atom. The van der Waals surface area contributed by atoms with Crippen molar-refractivity contribution in [1.29, 1.82) is 0 Å². The second kappa shape index (κ2) is 3.36. The van der Waals surface area contributed by atoms with Crippen molar-refractivity contribution in [2.24, 2.45) is 5.73 Å². The number of nitrogens with two attached hydrogens (primary N) is 1. The van der Waals surface area contributed by atoms with Gasteiger partial charge in [0.05, 0.1) is 11.6 Å². The third kappa shape index (κ3) is 1.61. The molecule has 1 heterocycles. The number of thiazole rings is 1. The summed E-state index contributed by atoms with van der Waals surface area (Å²) >= 11 is 1.52. The molecule has 0 bridgehead atoms. The van der Waals surface area contributed by atoms with Gasteiger partial charge in [-0.1, -0.05) is 12.8 Å². The molecule has 0 radical (unpaired) electrons. The Morgan fingerprint density at radius 2 is 2.23 bits per heavy atom. The molecule has 1 fully saturated rings. The molecule has 4 heteroatoms. The molecular weight excluding hydrogens is 184 g/mol. The lowest BCUT2D eigenvalue weighted by molar-refractivity contribution is 0.0203. The third-order valence-corrected chi connectivity index (χ3v) is 3.62. The number of hydrogen-bond donors (Lipinski definition) is 2. The number of hydrogen-bond acceptors (Lipinski definition) is 4. The van der Waals surface area contributed by atoms with Crippen molar-refractivity contribution in [2.75, 3.05) is 0 Å². The summed E-state index contributed by atoms with van der Waals surface area (Å²) < 4.78 is 0. The largest absolute Gasteiger partial charge is 0.388 e. The fourth-order valence-corrected chi connectivity index (χ4v) is 2.66. The maximum Gasteiger partial charge on any atom is 0.112 e. The van der Waals surface area contributed by atoms with Gasteiger partial charge in [0.25, 0.3) is 0 Å². The molecule has 1 aromatic heterocycles. The molecule has 72 valence electrons. The molecule has 3 N–H and O–H groups in total. The van der Waals surface area contributed by atoms with E-state index in [1.807, 2.05) is 5.38 Å². The maximum atomic E-state index is 10.2. The van der Waals surface area contributed by atoms with E-state index < -0.39 is 5.60 Å². The van der Waals surface area contributed by atoms with Crippen LogP contribution in [-0.2, 0) is 0 Å². The molecule has 1 aliphatic rings. The normalized spacial score (nSPS) is 23.2. The van der Waals surface area contributed by atoms with Gasteiger partial charge < -0.3 is 10.8 Å². The highest BCUT2D eigenvalue weighted by molar-refractivity contribution is 7.09. The molecule has 0 saturated heterocycles. The molecule has 1 aromatic rings. The predicted molar refractivity (Wildman–Crippen MR) is 52.5 cm³/mol. The van der Waals surface area contributed by atoms with Crippen molar-refractivity contribution >= 4 is 11.3 Å². The lowest BCUT2D eigenvalue weighted by Crippen LogP contribution is -2.38. The average molecular weight is 198 g/mol. The molecule has 3 nitrogen and oxygen atoms in total. The van der Waals surface area contributed by atoms with Gasteiger partial charge in [-0.15, -0.1) is 11.3 Å². The van der Waals surface area contributed by atoms with E-state index in [0.29, 0.717) is 0 Å². The van der Waals surface area contributed by atoms with Gasteiger partial charge in [-0.2, -0.15) is 0 Å². The van der Waals surface area contributed by atoms with Crippen LogP contribution in [0.25, 0.3) is 0 Å². The summed E-state index contributed by atoms with van der Waals surface area (Å²) in [5.41, 5.74) is 5.28. The Bertz CT molecular complexity index is 267. The Balaban J connectivity index is 2.16. The summed E-state index contributed by atoms with van der Waals surface area (Å²) in [5.74, 6) is 0. The lowest BCUT2D eigenvalue weighted by atomic mass is 9.93. The zero-order valence-corrected chi connectivity index (χ0v) is 8.26. The molecule has 0 spiro atoms. The molecule has 0 amide bonds. The van der Waals surface area contributed by atoms with Gasteiger partial charge in [-0.05, 0) is 12.8 Å². The number of rotatable bonds is 2. The number of nitrogens with zero attached hydrogens (tertiary/aromatic N) is 1. The SMILES string of the molecule is NC(c1nccs1)C1(O)CCCC1. The van der Waals surface area contributed by atoms with Crippen molar-refractivity contribution in [3.8, 4) is 0 Å². The van der Waals surface area contributed by atoms with Gasteiger partial charge >= 0.3 is 0 Å². The van der Waals surface area contributed by atoms with Gasteiger partial charge in [0.2, 0.25) is 0 Å². The van der Waals surface area contributed by atoms with Crippen LogP contribution in [0.4, 0.5) is 0 Å². The second-order valence-corrected chi connectivity index (χ2v) is 4.58. The molecule has 1 saturated carbocycles. The molecule has 1 unspecified atom stereocenters. The number of aromatic nitrogens is 1. The Morgan fingerprint density at radius 3 is 2.77 bits per heavy atom. The topological polar surface area (TPSA) is 59.1 Å². The highest BCUT2D eigenvalue weighted by Crippen LogP contribution is 2.38. The maximum absolute atomic E-state index is 10.2. The summed E-state index contributed by atoms with van der Waals surface area (Å²) in [7, 11) is 0. The highest BCUT2D eigenvalue weighted by atomic mass is 32.1. The van der Waals surface area contributed by atoms with Crippen molar-refractivity contribution in [1.82, 2.24) is 4.98 Å². The van der Waals surface area contributed by atoms with Crippen LogP contribution in [0.1, 0.15) is 36.7 Å². The van der Waals surface area contributed by atoms with Gasteiger partial charge in [-0.3, -0.25) is 0 Å². The van der Waals surface area contributed by atoms with Gasteiger partial charge in [0.15, 0.2) is 0 Å². The third-order valence-electron chi connectivity index (χ3n) is 2.77. The highest BCUT2D eigenvalue weighted by Gasteiger charge is 2.39. The molecule has 2 rings (SSSR count). The summed E-state index contributed by atoms with van der Waals surface area (Å²) in [6, 6.07) is -0.296. The van der Waals surface area contributed by atoms with E-state index in [1.54, 1.807) is 6.20 Å². The van der Waals surface area contributed by atoms with Gasteiger partial charge in [0, 0.05) is 11.6 Å². The fourth-order valence-electron chi connectivity index (χ4n) is 1.92. The van der Waals surface area contributed by atoms with E-state index in [-0.39, 0.29) is 6.04 Å². The minimum atomic E-state index is -0.697. The van der Waals surface area contributed by atoms with Crippen molar-refractivity contribution in [2.45, 2.75) is 37.3 Å². The Kier molecular flexibility index (Phi) is 2.36. The zero-order valence-electron chi connectivity index (χ0n) is 7.44. The van der Waals surface area contributed by atoms with E-state index in [4.69, 9.17) is 5.73 Å². The monoisotopic (exact) mass is 198 g/mol. The van der Waals surface area contributed by atoms with Crippen LogP contribution < -0.4 is 5.73 Å². The van der Waals surface area contributed by atoms with Crippen molar-refractivity contribution < 1.29 is 5.11 Å². The van der Waals surface area contributed by atoms with Crippen molar-refractivity contribution in [3.05, 3.63) is 16.6 Å². The molecular formula is C9H14N2OS. The summed E-state index contributed by atoms with van der Waals surface area (Å²) in [4.78, 5) is 4.14. The van der Waals surface area contributed by atoms with Crippen LogP contribution in [0.5, 0.6) is 0 Å². The molecule has 0 aromatic carbocycles. The quantitative estimate of drug-likeness (QED) is 0.756. The smallest absolute Gasteiger partial charge is 0.112 e. The predicted octanol–water partition coefficient (Wildman–Crippen LogP) is 1.45. The van der Waals surface area contributed by atoms with E-state index in [2.05, 4.69) is 4.98 Å². The number of aliphatic hydroxyl groups is 1. The minimum absolute atomic E-state index is 0.296. The lowest BCUT2D eigenvalue weighted by Gasteiger charge is -2.27. The van der Waals surface area contributed by atoms with E-state index in [1.165, 1.54) is 11.3 Å². The van der Waals surface area contributed by atoms with E-state index in [0.717, 1.165) is 30.7 Å². The van der Waals surface area contributed by atoms with Crippen molar-refractivity contribution in [3.63, 3.8) is 0 Å². The van der Waals surface area contributed by atoms with E-state index >= 15 is 0 Å². The second-order valence-electron chi connectivity index (χ2n) is 3.66. The molecule has 1 atom stereocenters. The summed E-state index contributed by atoms with van der Waals surface area (Å²) in [6.45, 7) is 0. The minimum Gasteiger partial charge on any atom is -0.388 e. The Labute approximate surface area is 81.6 Å². The average Bonchev–Trinajstić information content (AvgIpc) is 2.73. The standard InChI is InChI=1S/C9H14N2OS/c10-7(8-11-5-6-13-8)9(12)3-1-2-4-9/h5-7,12H,1-4,10H2. The molecule has 1 aliphatic carbocycles. The van der Waals surface area contributed by atoms with Crippen LogP contribution >= 0.6 is 11.3 Å².